The van der Waals surface area contributed by atoms with E-state index < -0.39 is 5.97 Å². The number of carbonyl (C=O) groups excluding carboxylic acids is 2. The smallest absolute Gasteiger partial charge is 0.337 e. The van der Waals surface area contributed by atoms with Crippen molar-refractivity contribution in [3.05, 3.63) is 47.9 Å². The highest BCUT2D eigenvalue weighted by molar-refractivity contribution is 5.93. The number of nitrogens with zero attached hydrogens (tertiary/aromatic N) is 2. The van der Waals surface area contributed by atoms with Crippen LogP contribution in [0, 0.1) is 0 Å². The van der Waals surface area contributed by atoms with Crippen molar-refractivity contribution in [2.24, 2.45) is 0 Å². The number of ether oxygens (including phenoxy) is 2. The van der Waals surface area contributed by atoms with E-state index in [2.05, 4.69) is 25.3 Å². The van der Waals surface area contributed by atoms with Gasteiger partial charge in [-0.15, -0.1) is 0 Å². The zero-order chi connectivity index (χ0) is 18.1. The molecule has 25 heavy (non-hydrogen) atoms. The van der Waals surface area contributed by atoms with Crippen molar-refractivity contribution in [1.29, 1.82) is 0 Å². The Balaban J connectivity index is 1.98. The maximum atomic E-state index is 12.0. The van der Waals surface area contributed by atoms with Gasteiger partial charge in [0.05, 0.1) is 12.7 Å². The van der Waals surface area contributed by atoms with Gasteiger partial charge in [0.25, 0.3) is 5.91 Å². The number of carbonyl (C=O) groups is 2. The van der Waals surface area contributed by atoms with Crippen LogP contribution in [-0.2, 0) is 9.47 Å². The summed E-state index contributed by atoms with van der Waals surface area (Å²) in [6.07, 6.45) is 2.04. The molecule has 8 heteroatoms. The van der Waals surface area contributed by atoms with Crippen molar-refractivity contribution < 1.29 is 19.1 Å². The van der Waals surface area contributed by atoms with Crippen LogP contribution in [0.1, 0.15) is 27.3 Å². The monoisotopic (exact) mass is 344 g/mol. The van der Waals surface area contributed by atoms with Gasteiger partial charge >= 0.3 is 5.97 Å². The molecule has 0 unspecified atom stereocenters. The van der Waals surface area contributed by atoms with Gasteiger partial charge in [-0.1, -0.05) is 0 Å². The van der Waals surface area contributed by atoms with Crippen molar-refractivity contribution in [1.82, 2.24) is 15.3 Å². The number of nitrogens with one attached hydrogen (secondary N) is 2. The molecule has 2 rings (SSSR count). The van der Waals surface area contributed by atoms with Gasteiger partial charge in [0.2, 0.25) is 0 Å². The summed E-state index contributed by atoms with van der Waals surface area (Å²) in [4.78, 5) is 31.5. The van der Waals surface area contributed by atoms with E-state index in [1.807, 2.05) is 0 Å². The second-order valence-corrected chi connectivity index (χ2v) is 5.08. The SMILES string of the molecule is COCCCNC(=O)c1cc(Nc2ccc(C(=O)OC)cc2)ncn1. The Bertz CT molecular complexity index is 719. The lowest BCUT2D eigenvalue weighted by atomic mass is 10.2. The van der Waals surface area contributed by atoms with E-state index in [1.54, 1.807) is 37.4 Å². The molecule has 0 radical (unpaired) electrons. The van der Waals surface area contributed by atoms with Crippen LogP contribution >= 0.6 is 0 Å². The van der Waals surface area contributed by atoms with Gasteiger partial charge in [-0.3, -0.25) is 4.79 Å². The minimum absolute atomic E-state index is 0.265. The first-order valence-corrected chi connectivity index (χ1v) is 7.68. The van der Waals surface area contributed by atoms with Crippen molar-refractivity contribution in [2.75, 3.05) is 32.7 Å². The summed E-state index contributed by atoms with van der Waals surface area (Å²) in [5.74, 6) is -0.202. The normalized spacial score (nSPS) is 10.2. The molecule has 1 heterocycles. The lowest BCUT2D eigenvalue weighted by molar-refractivity contribution is 0.0600. The van der Waals surface area contributed by atoms with Crippen molar-refractivity contribution in [2.45, 2.75) is 6.42 Å². The molecule has 1 aromatic heterocycles. The van der Waals surface area contributed by atoms with Gasteiger partial charge in [-0.05, 0) is 30.7 Å². The van der Waals surface area contributed by atoms with Crippen LogP contribution < -0.4 is 10.6 Å². The molecule has 0 aliphatic heterocycles. The highest BCUT2D eigenvalue weighted by Crippen LogP contribution is 2.16. The Hall–Kier alpha value is -3.00. The molecule has 2 N–H and O–H groups in total. The lowest BCUT2D eigenvalue weighted by Gasteiger charge is -2.08. The van der Waals surface area contributed by atoms with Crippen molar-refractivity contribution >= 4 is 23.4 Å². The number of anilines is 2. The van der Waals surface area contributed by atoms with Gasteiger partial charge in [0.15, 0.2) is 0 Å². The third-order valence-electron chi connectivity index (χ3n) is 3.29. The fourth-order valence-corrected chi connectivity index (χ4v) is 2.01. The van der Waals surface area contributed by atoms with Crippen LogP contribution in [0.15, 0.2) is 36.7 Å². The molecular weight excluding hydrogens is 324 g/mol. The third-order valence-corrected chi connectivity index (χ3v) is 3.29. The molecule has 0 saturated carbocycles. The van der Waals surface area contributed by atoms with Gasteiger partial charge in [-0.25, -0.2) is 14.8 Å². The summed E-state index contributed by atoms with van der Waals surface area (Å²) in [5, 5.41) is 5.82. The van der Waals surface area contributed by atoms with E-state index in [4.69, 9.17) is 4.74 Å². The molecule has 1 amide bonds. The van der Waals surface area contributed by atoms with Crippen LogP contribution in [0.2, 0.25) is 0 Å². The second kappa shape index (κ2) is 9.33. The third kappa shape index (κ3) is 5.54. The Morgan fingerprint density at radius 2 is 1.88 bits per heavy atom. The largest absolute Gasteiger partial charge is 0.465 e. The number of hydrogen-bond acceptors (Lipinski definition) is 7. The molecule has 0 spiro atoms. The minimum Gasteiger partial charge on any atom is -0.465 e. The Morgan fingerprint density at radius 1 is 1.12 bits per heavy atom. The summed E-state index contributed by atoms with van der Waals surface area (Å²) in [6, 6.07) is 8.27. The van der Waals surface area contributed by atoms with Gasteiger partial charge < -0.3 is 20.1 Å². The summed E-state index contributed by atoms with van der Waals surface area (Å²) in [5.41, 5.74) is 1.44. The Kier molecular flexibility index (Phi) is 6.85. The number of aromatic nitrogens is 2. The topological polar surface area (TPSA) is 102 Å². The van der Waals surface area contributed by atoms with Crippen molar-refractivity contribution in [3.63, 3.8) is 0 Å². The molecular formula is C17H20N4O4. The number of amides is 1. The average molecular weight is 344 g/mol. The van der Waals surface area contributed by atoms with Crippen LogP contribution in [0.25, 0.3) is 0 Å². The maximum absolute atomic E-state index is 12.0. The molecule has 0 aliphatic rings. The maximum Gasteiger partial charge on any atom is 0.337 e. The van der Waals surface area contributed by atoms with E-state index >= 15 is 0 Å². The van der Waals surface area contributed by atoms with Gasteiger partial charge in [0.1, 0.15) is 17.8 Å². The van der Waals surface area contributed by atoms with E-state index in [9.17, 15) is 9.59 Å². The molecule has 0 saturated heterocycles. The molecule has 0 aliphatic carbocycles. The average Bonchev–Trinajstić information content (AvgIpc) is 2.65. The summed E-state index contributed by atoms with van der Waals surface area (Å²) in [6.45, 7) is 1.09. The van der Waals surface area contributed by atoms with E-state index in [0.29, 0.717) is 24.5 Å². The second-order valence-electron chi connectivity index (χ2n) is 5.08. The summed E-state index contributed by atoms with van der Waals surface area (Å²) in [7, 11) is 2.94. The fraction of sp³-hybridized carbons (Fsp3) is 0.294. The van der Waals surface area contributed by atoms with Crippen LogP contribution in [0.5, 0.6) is 0 Å². The molecule has 0 bridgehead atoms. The fourth-order valence-electron chi connectivity index (χ4n) is 2.01. The molecule has 0 fully saturated rings. The molecule has 2 aromatic rings. The highest BCUT2D eigenvalue weighted by Gasteiger charge is 2.09. The van der Waals surface area contributed by atoms with Crippen LogP contribution in [0.4, 0.5) is 11.5 Å². The first-order valence-electron chi connectivity index (χ1n) is 7.68. The summed E-state index contributed by atoms with van der Waals surface area (Å²) >= 11 is 0. The first-order chi connectivity index (χ1) is 12.1. The number of benzene rings is 1. The zero-order valence-electron chi connectivity index (χ0n) is 14.1. The first kappa shape index (κ1) is 18.3. The number of rotatable bonds is 8. The molecule has 132 valence electrons. The van der Waals surface area contributed by atoms with Crippen LogP contribution in [-0.4, -0.2) is 49.2 Å². The van der Waals surface area contributed by atoms with Gasteiger partial charge in [-0.2, -0.15) is 0 Å². The quantitative estimate of drug-likeness (QED) is 0.556. The van der Waals surface area contributed by atoms with Gasteiger partial charge in [0, 0.05) is 32.0 Å². The highest BCUT2D eigenvalue weighted by atomic mass is 16.5. The molecule has 8 nitrogen and oxygen atoms in total. The predicted molar refractivity (Wildman–Crippen MR) is 91.9 cm³/mol. The zero-order valence-corrected chi connectivity index (χ0v) is 14.1. The standard InChI is InChI=1S/C17H20N4O4/c1-24-9-3-8-18-16(22)14-10-15(20-11-19-14)21-13-6-4-12(5-7-13)17(23)25-2/h4-7,10-11H,3,8-9H2,1-2H3,(H,18,22)(H,19,20,21). The predicted octanol–water partition coefficient (Wildman–Crippen LogP) is 1.77. The Morgan fingerprint density at radius 3 is 2.56 bits per heavy atom. The molecule has 1 aromatic carbocycles. The number of esters is 1. The minimum atomic E-state index is -0.402. The van der Waals surface area contributed by atoms with Crippen molar-refractivity contribution in [3.8, 4) is 0 Å². The summed E-state index contributed by atoms with van der Waals surface area (Å²) < 4.78 is 9.58. The van der Waals surface area contributed by atoms with Crippen LogP contribution in [0.3, 0.4) is 0 Å². The number of hydrogen-bond donors (Lipinski definition) is 2. The number of methoxy groups -OCH3 is 2. The van der Waals surface area contributed by atoms with E-state index in [1.165, 1.54) is 13.4 Å². The van der Waals surface area contributed by atoms with E-state index in [0.717, 1.165) is 12.1 Å². The van der Waals surface area contributed by atoms with E-state index in [-0.39, 0.29) is 11.6 Å². The lowest BCUT2D eigenvalue weighted by Crippen LogP contribution is -2.26. The molecule has 0 atom stereocenters. The Labute approximate surface area is 145 Å².